The maximum atomic E-state index is 14.1. The van der Waals surface area contributed by atoms with E-state index < -0.39 is 17.5 Å². The van der Waals surface area contributed by atoms with E-state index in [9.17, 15) is 23.1 Å². The molecule has 0 saturated heterocycles. The lowest BCUT2D eigenvalue weighted by Gasteiger charge is -2.12. The molecular weight excluding hydrogens is 419 g/mol. The van der Waals surface area contributed by atoms with Gasteiger partial charge in [0.1, 0.15) is 17.3 Å². The Morgan fingerprint density at radius 1 is 1.00 bits per heavy atom. The van der Waals surface area contributed by atoms with Gasteiger partial charge in [0, 0.05) is 29.3 Å². The number of phenols is 1. The fraction of sp³-hybridized carbons (Fsp3) is 0.136. The highest BCUT2D eigenvalue weighted by Crippen LogP contribution is 2.34. The molecule has 0 aliphatic carbocycles. The normalized spacial score (nSPS) is 10.7. The Hall–Kier alpha value is -3.19. The van der Waals surface area contributed by atoms with Crippen molar-refractivity contribution in [2.24, 2.45) is 0 Å². The number of nitrogens with one attached hydrogen (secondary N) is 1. The summed E-state index contributed by atoms with van der Waals surface area (Å²) in [6.45, 7) is -0.146. The Balaban J connectivity index is 1.85. The number of carbonyl (C=O) groups is 1. The summed E-state index contributed by atoms with van der Waals surface area (Å²) in [5.74, 6) is -3.65. The maximum absolute atomic E-state index is 14.1. The third-order valence-corrected chi connectivity index (χ3v) is 4.78. The van der Waals surface area contributed by atoms with E-state index in [4.69, 9.17) is 16.3 Å². The van der Waals surface area contributed by atoms with E-state index in [0.29, 0.717) is 40.5 Å². The number of hydrogen-bond acceptors (Lipinski definition) is 3. The molecule has 0 atom stereocenters. The molecule has 3 aromatic carbocycles. The lowest BCUT2D eigenvalue weighted by atomic mass is 9.97. The highest BCUT2D eigenvalue weighted by Gasteiger charge is 2.15. The summed E-state index contributed by atoms with van der Waals surface area (Å²) >= 11 is 6.30. The lowest BCUT2D eigenvalue weighted by molar-refractivity contribution is -0.122. The number of ether oxygens (including phenoxy) is 1. The standard InChI is InChI=1S/C22H17ClF3NO3/c1-27-22(29)11-30-14-4-3-13(17(23)8-14)6-12-2-5-21(28)16(7-12)15-9-19(25)20(26)10-18(15)24/h2-5,7-10,28H,6,11H2,1H3,(H,27,29). The van der Waals surface area contributed by atoms with Gasteiger partial charge in [-0.1, -0.05) is 23.7 Å². The van der Waals surface area contributed by atoms with Crippen LogP contribution in [-0.2, 0) is 11.2 Å². The number of amides is 1. The third-order valence-electron chi connectivity index (χ3n) is 4.43. The molecule has 2 N–H and O–H groups in total. The van der Waals surface area contributed by atoms with Crippen LogP contribution in [-0.4, -0.2) is 24.7 Å². The summed E-state index contributed by atoms with van der Waals surface area (Å²) in [5, 5.41) is 12.9. The fourth-order valence-electron chi connectivity index (χ4n) is 2.84. The number of carbonyl (C=O) groups excluding carboxylic acids is 1. The molecule has 4 nitrogen and oxygen atoms in total. The lowest BCUT2D eigenvalue weighted by Crippen LogP contribution is -2.24. The van der Waals surface area contributed by atoms with Gasteiger partial charge in [-0.15, -0.1) is 0 Å². The van der Waals surface area contributed by atoms with Crippen LogP contribution in [0, 0.1) is 17.5 Å². The van der Waals surface area contributed by atoms with Gasteiger partial charge in [-0.3, -0.25) is 4.79 Å². The van der Waals surface area contributed by atoms with Gasteiger partial charge in [0.15, 0.2) is 18.2 Å². The molecule has 0 unspecified atom stereocenters. The van der Waals surface area contributed by atoms with Crippen molar-refractivity contribution in [1.29, 1.82) is 0 Å². The second-order valence-electron chi connectivity index (χ2n) is 6.49. The molecular formula is C22H17ClF3NO3. The molecule has 0 fully saturated rings. The van der Waals surface area contributed by atoms with Crippen LogP contribution in [0.1, 0.15) is 11.1 Å². The van der Waals surface area contributed by atoms with Gasteiger partial charge in [0.05, 0.1) is 0 Å². The first-order valence-electron chi connectivity index (χ1n) is 8.87. The average molecular weight is 436 g/mol. The molecule has 0 heterocycles. The van der Waals surface area contributed by atoms with Crippen molar-refractivity contribution in [1.82, 2.24) is 5.32 Å². The number of rotatable bonds is 6. The molecule has 3 rings (SSSR count). The Labute approximate surface area is 175 Å². The van der Waals surface area contributed by atoms with E-state index in [1.807, 2.05) is 0 Å². The molecule has 0 spiro atoms. The predicted molar refractivity (Wildman–Crippen MR) is 107 cm³/mol. The van der Waals surface area contributed by atoms with E-state index in [1.54, 1.807) is 24.3 Å². The van der Waals surface area contributed by atoms with Crippen LogP contribution in [0.2, 0.25) is 5.02 Å². The Kier molecular flexibility index (Phi) is 6.52. The van der Waals surface area contributed by atoms with Crippen LogP contribution in [0.4, 0.5) is 13.2 Å². The first-order chi connectivity index (χ1) is 14.3. The van der Waals surface area contributed by atoms with Crippen molar-refractivity contribution >= 4 is 17.5 Å². The highest BCUT2D eigenvalue weighted by molar-refractivity contribution is 6.31. The monoisotopic (exact) mass is 435 g/mol. The zero-order valence-electron chi connectivity index (χ0n) is 15.8. The van der Waals surface area contributed by atoms with Crippen molar-refractivity contribution in [3.8, 4) is 22.6 Å². The number of phenolic OH excluding ortho intramolecular Hbond substituents is 1. The topological polar surface area (TPSA) is 58.6 Å². The first-order valence-corrected chi connectivity index (χ1v) is 9.25. The van der Waals surface area contributed by atoms with E-state index in [2.05, 4.69) is 5.32 Å². The number of hydrogen-bond donors (Lipinski definition) is 2. The Morgan fingerprint density at radius 3 is 2.43 bits per heavy atom. The van der Waals surface area contributed by atoms with E-state index >= 15 is 0 Å². The molecule has 0 aliphatic heterocycles. The molecule has 30 heavy (non-hydrogen) atoms. The molecule has 0 aliphatic rings. The summed E-state index contributed by atoms with van der Waals surface area (Å²) in [6, 6.07) is 10.5. The molecule has 156 valence electrons. The maximum Gasteiger partial charge on any atom is 0.257 e. The van der Waals surface area contributed by atoms with Crippen LogP contribution >= 0.6 is 11.6 Å². The summed E-state index contributed by atoms with van der Waals surface area (Å²) in [6.07, 6.45) is 0.327. The van der Waals surface area contributed by atoms with Gasteiger partial charge in [-0.05, 0) is 47.9 Å². The Morgan fingerprint density at radius 2 is 1.73 bits per heavy atom. The summed E-state index contributed by atoms with van der Waals surface area (Å²) < 4.78 is 46.3. The van der Waals surface area contributed by atoms with Gasteiger partial charge in [-0.25, -0.2) is 13.2 Å². The minimum atomic E-state index is -1.31. The molecule has 0 bridgehead atoms. The Bertz CT molecular complexity index is 1110. The fourth-order valence-corrected chi connectivity index (χ4v) is 3.08. The van der Waals surface area contributed by atoms with Gasteiger partial charge in [0.2, 0.25) is 0 Å². The summed E-state index contributed by atoms with van der Waals surface area (Å²) in [4.78, 5) is 11.3. The number of aromatic hydroxyl groups is 1. The third kappa shape index (κ3) is 4.86. The number of likely N-dealkylation sites (N-methyl/N-ethyl adjacent to an activating group) is 1. The van der Waals surface area contributed by atoms with Crippen molar-refractivity contribution in [3.05, 3.63) is 82.1 Å². The SMILES string of the molecule is CNC(=O)COc1ccc(Cc2ccc(O)c(-c3cc(F)c(F)cc3F)c2)c(Cl)c1. The van der Waals surface area contributed by atoms with Crippen LogP contribution in [0.15, 0.2) is 48.5 Å². The second kappa shape index (κ2) is 9.09. The molecule has 0 saturated carbocycles. The molecule has 0 aromatic heterocycles. The van der Waals surface area contributed by atoms with Crippen LogP contribution in [0.3, 0.4) is 0 Å². The van der Waals surface area contributed by atoms with Gasteiger partial charge < -0.3 is 15.2 Å². The zero-order chi connectivity index (χ0) is 21.8. The van der Waals surface area contributed by atoms with Crippen molar-refractivity contribution in [2.75, 3.05) is 13.7 Å². The molecule has 8 heteroatoms. The smallest absolute Gasteiger partial charge is 0.257 e. The zero-order valence-corrected chi connectivity index (χ0v) is 16.6. The largest absolute Gasteiger partial charge is 0.507 e. The van der Waals surface area contributed by atoms with E-state index in [-0.39, 0.29) is 29.4 Å². The summed E-state index contributed by atoms with van der Waals surface area (Å²) in [5.41, 5.74) is 1.15. The van der Waals surface area contributed by atoms with Crippen LogP contribution in [0.5, 0.6) is 11.5 Å². The minimum absolute atomic E-state index is 0.0329. The van der Waals surface area contributed by atoms with Crippen LogP contribution < -0.4 is 10.1 Å². The van der Waals surface area contributed by atoms with Gasteiger partial charge >= 0.3 is 0 Å². The highest BCUT2D eigenvalue weighted by atomic mass is 35.5. The minimum Gasteiger partial charge on any atom is -0.507 e. The first kappa shape index (κ1) is 21.5. The van der Waals surface area contributed by atoms with Gasteiger partial charge in [0.25, 0.3) is 5.91 Å². The summed E-state index contributed by atoms with van der Waals surface area (Å²) in [7, 11) is 1.50. The number of benzene rings is 3. The van der Waals surface area contributed by atoms with Gasteiger partial charge in [-0.2, -0.15) is 0 Å². The second-order valence-corrected chi connectivity index (χ2v) is 6.90. The molecule has 0 radical (unpaired) electrons. The van der Waals surface area contributed by atoms with Crippen molar-refractivity contribution in [2.45, 2.75) is 6.42 Å². The quantitative estimate of drug-likeness (QED) is 0.544. The predicted octanol–water partition coefficient (Wildman–Crippen LogP) is 4.85. The van der Waals surface area contributed by atoms with Crippen molar-refractivity contribution < 1.29 is 27.8 Å². The average Bonchev–Trinajstić information content (AvgIpc) is 2.72. The molecule has 3 aromatic rings. The van der Waals surface area contributed by atoms with E-state index in [1.165, 1.54) is 19.2 Å². The van der Waals surface area contributed by atoms with E-state index in [0.717, 1.165) is 0 Å². The molecule has 1 amide bonds. The number of halogens is 4. The van der Waals surface area contributed by atoms with Crippen molar-refractivity contribution in [3.63, 3.8) is 0 Å². The van der Waals surface area contributed by atoms with Crippen LogP contribution in [0.25, 0.3) is 11.1 Å².